The second-order valence-corrected chi connectivity index (χ2v) is 6.38. The Balaban J connectivity index is 1.97. The number of benzene rings is 2. The molecule has 2 aromatic carbocycles. The minimum Gasteiger partial charge on any atom is -0.476 e. The highest BCUT2D eigenvalue weighted by molar-refractivity contribution is 6.37. The average molecular weight is 382 g/mol. The third-order valence-corrected chi connectivity index (χ3v) is 4.40. The van der Waals surface area contributed by atoms with Crippen LogP contribution < -0.4 is 0 Å². The van der Waals surface area contributed by atoms with Crippen molar-refractivity contribution < 1.29 is 9.90 Å². The van der Waals surface area contributed by atoms with E-state index in [1.165, 1.54) is 10.7 Å². The average Bonchev–Trinajstić information content (AvgIpc) is 3.00. The van der Waals surface area contributed by atoms with E-state index in [2.05, 4.69) is 5.10 Å². The lowest BCUT2D eigenvalue weighted by atomic mass is 10.0. The molecule has 0 aliphatic rings. The number of halogens is 3. The SMILES string of the molecule is O=C(O)c1ccn(Cc2cc(-c3ccc(Cl)cc3)c(Cl)cc2Cl)n1. The second-order valence-electron chi connectivity index (χ2n) is 5.13. The van der Waals surface area contributed by atoms with E-state index >= 15 is 0 Å². The number of hydrogen-bond donors (Lipinski definition) is 1. The Kier molecular flexibility index (Phi) is 4.81. The van der Waals surface area contributed by atoms with E-state index in [1.807, 2.05) is 18.2 Å². The molecule has 0 amide bonds. The predicted molar refractivity (Wildman–Crippen MR) is 95.2 cm³/mol. The molecule has 122 valence electrons. The van der Waals surface area contributed by atoms with Gasteiger partial charge in [-0.05, 0) is 41.5 Å². The van der Waals surface area contributed by atoms with Crippen molar-refractivity contribution in [3.63, 3.8) is 0 Å². The number of aromatic nitrogens is 2. The smallest absolute Gasteiger partial charge is 0.356 e. The summed E-state index contributed by atoms with van der Waals surface area (Å²) in [5, 5.41) is 14.6. The number of carbonyl (C=O) groups is 1. The molecule has 3 rings (SSSR count). The van der Waals surface area contributed by atoms with Crippen LogP contribution in [0.4, 0.5) is 0 Å². The summed E-state index contributed by atoms with van der Waals surface area (Å²) >= 11 is 18.5. The van der Waals surface area contributed by atoms with E-state index in [4.69, 9.17) is 39.9 Å². The standard InChI is InChI=1S/C17H11Cl3N2O2/c18-12-3-1-10(2-4-12)13-7-11(14(19)8-15(13)20)9-22-6-5-16(21-22)17(23)24/h1-8H,9H2,(H,23,24). The fourth-order valence-corrected chi connectivity index (χ4v) is 2.98. The van der Waals surface area contributed by atoms with Crippen LogP contribution in [0.3, 0.4) is 0 Å². The number of hydrogen-bond acceptors (Lipinski definition) is 2. The third kappa shape index (κ3) is 3.56. The molecule has 7 heteroatoms. The van der Waals surface area contributed by atoms with Crippen LogP contribution in [0.5, 0.6) is 0 Å². The molecule has 3 aromatic rings. The number of aromatic carboxylic acids is 1. The van der Waals surface area contributed by atoms with Crippen molar-refractivity contribution in [3.05, 3.63) is 75.0 Å². The van der Waals surface area contributed by atoms with Crippen LogP contribution in [0.25, 0.3) is 11.1 Å². The fraction of sp³-hybridized carbons (Fsp3) is 0.0588. The molecule has 0 bridgehead atoms. The Bertz CT molecular complexity index is 905. The zero-order valence-electron chi connectivity index (χ0n) is 12.2. The first kappa shape index (κ1) is 16.8. The highest BCUT2D eigenvalue weighted by Crippen LogP contribution is 2.33. The van der Waals surface area contributed by atoms with Gasteiger partial charge in [0.05, 0.1) is 6.54 Å². The van der Waals surface area contributed by atoms with Gasteiger partial charge in [0.1, 0.15) is 0 Å². The summed E-state index contributed by atoms with van der Waals surface area (Å²) < 4.78 is 1.52. The second kappa shape index (κ2) is 6.85. The first-order valence-corrected chi connectivity index (χ1v) is 8.08. The largest absolute Gasteiger partial charge is 0.476 e. The molecule has 0 radical (unpaired) electrons. The van der Waals surface area contributed by atoms with Gasteiger partial charge in [0, 0.05) is 26.8 Å². The molecule has 0 spiro atoms. The highest BCUT2D eigenvalue weighted by Gasteiger charge is 2.12. The topological polar surface area (TPSA) is 55.1 Å². The lowest BCUT2D eigenvalue weighted by molar-refractivity contribution is 0.0689. The molecule has 1 aromatic heterocycles. The van der Waals surface area contributed by atoms with Crippen molar-refractivity contribution in [1.29, 1.82) is 0 Å². The first-order chi connectivity index (χ1) is 11.4. The molecule has 0 aliphatic carbocycles. The number of nitrogens with zero attached hydrogens (tertiary/aromatic N) is 2. The molecule has 0 fully saturated rings. The van der Waals surface area contributed by atoms with Crippen molar-refractivity contribution in [3.8, 4) is 11.1 Å². The minimum atomic E-state index is -1.07. The monoisotopic (exact) mass is 380 g/mol. The van der Waals surface area contributed by atoms with Gasteiger partial charge in [-0.3, -0.25) is 4.68 Å². The van der Waals surface area contributed by atoms with Crippen molar-refractivity contribution in [2.24, 2.45) is 0 Å². The summed E-state index contributed by atoms with van der Waals surface area (Å²) in [6.07, 6.45) is 1.59. The van der Waals surface area contributed by atoms with Crippen molar-refractivity contribution >= 4 is 40.8 Å². The van der Waals surface area contributed by atoms with E-state index < -0.39 is 5.97 Å². The summed E-state index contributed by atoms with van der Waals surface area (Å²) in [6, 6.07) is 12.3. The molecule has 24 heavy (non-hydrogen) atoms. The van der Waals surface area contributed by atoms with Gasteiger partial charge in [0.15, 0.2) is 5.69 Å². The maximum Gasteiger partial charge on any atom is 0.356 e. The lowest BCUT2D eigenvalue weighted by Gasteiger charge is -2.11. The minimum absolute atomic E-state index is 0.0157. The van der Waals surface area contributed by atoms with E-state index in [-0.39, 0.29) is 5.69 Å². The van der Waals surface area contributed by atoms with Crippen molar-refractivity contribution in [1.82, 2.24) is 9.78 Å². The number of carboxylic acid groups (broad SMARTS) is 1. The quantitative estimate of drug-likeness (QED) is 0.671. The van der Waals surface area contributed by atoms with Gasteiger partial charge in [0.25, 0.3) is 0 Å². The van der Waals surface area contributed by atoms with Crippen LogP contribution in [0.15, 0.2) is 48.7 Å². The summed E-state index contributed by atoms with van der Waals surface area (Å²) in [7, 11) is 0. The maximum atomic E-state index is 10.9. The van der Waals surface area contributed by atoms with Crippen LogP contribution in [-0.4, -0.2) is 20.9 Å². The normalized spacial score (nSPS) is 10.8. The van der Waals surface area contributed by atoms with E-state index in [1.54, 1.807) is 24.4 Å². The Morgan fingerprint density at radius 2 is 1.75 bits per heavy atom. The van der Waals surface area contributed by atoms with Gasteiger partial charge in [-0.15, -0.1) is 0 Å². The lowest BCUT2D eigenvalue weighted by Crippen LogP contribution is -2.04. The highest BCUT2D eigenvalue weighted by atomic mass is 35.5. The summed E-state index contributed by atoms with van der Waals surface area (Å²) in [5.41, 5.74) is 2.50. The molecule has 4 nitrogen and oxygen atoms in total. The number of rotatable bonds is 4. The van der Waals surface area contributed by atoms with Crippen LogP contribution in [0, 0.1) is 0 Å². The predicted octanol–water partition coefficient (Wildman–Crippen LogP) is 5.26. The summed E-state index contributed by atoms with van der Waals surface area (Å²) in [6.45, 7) is 0.337. The molecule has 0 atom stereocenters. The third-order valence-electron chi connectivity index (χ3n) is 3.48. The van der Waals surface area contributed by atoms with Crippen LogP contribution in [0.2, 0.25) is 15.1 Å². The van der Waals surface area contributed by atoms with Crippen molar-refractivity contribution in [2.45, 2.75) is 6.54 Å². The molecular weight excluding hydrogens is 371 g/mol. The molecule has 0 saturated heterocycles. The Labute approximate surface area is 153 Å². The van der Waals surface area contributed by atoms with E-state index in [0.29, 0.717) is 21.6 Å². The van der Waals surface area contributed by atoms with Crippen LogP contribution in [-0.2, 0) is 6.54 Å². The Morgan fingerprint density at radius 3 is 2.38 bits per heavy atom. The van der Waals surface area contributed by atoms with Gasteiger partial charge in [-0.25, -0.2) is 4.79 Å². The van der Waals surface area contributed by atoms with Crippen LogP contribution in [0.1, 0.15) is 16.1 Å². The first-order valence-electron chi connectivity index (χ1n) is 6.94. The fourth-order valence-electron chi connectivity index (χ4n) is 2.30. The molecule has 0 unspecified atom stereocenters. The van der Waals surface area contributed by atoms with E-state index in [9.17, 15) is 4.79 Å². The zero-order valence-corrected chi connectivity index (χ0v) is 14.5. The number of carboxylic acids is 1. The summed E-state index contributed by atoms with van der Waals surface area (Å²) in [4.78, 5) is 10.9. The van der Waals surface area contributed by atoms with Gasteiger partial charge >= 0.3 is 5.97 Å². The zero-order chi connectivity index (χ0) is 17.3. The molecule has 0 saturated carbocycles. The van der Waals surface area contributed by atoms with Crippen LogP contribution >= 0.6 is 34.8 Å². The molecule has 1 N–H and O–H groups in total. The van der Waals surface area contributed by atoms with Crippen molar-refractivity contribution in [2.75, 3.05) is 0 Å². The Morgan fingerprint density at radius 1 is 1.04 bits per heavy atom. The maximum absolute atomic E-state index is 10.9. The molecule has 0 aliphatic heterocycles. The van der Waals surface area contributed by atoms with E-state index in [0.717, 1.165) is 16.7 Å². The van der Waals surface area contributed by atoms with Gasteiger partial charge in [-0.2, -0.15) is 5.10 Å². The Hall–Kier alpha value is -2.01. The van der Waals surface area contributed by atoms with Gasteiger partial charge in [-0.1, -0.05) is 46.9 Å². The van der Waals surface area contributed by atoms with Gasteiger partial charge in [0.2, 0.25) is 0 Å². The van der Waals surface area contributed by atoms with Gasteiger partial charge < -0.3 is 5.11 Å². The summed E-state index contributed by atoms with van der Waals surface area (Å²) in [5.74, 6) is -1.07. The molecular formula is C17H11Cl3N2O2. The molecule has 1 heterocycles.